The molecule has 1 amide bonds. The van der Waals surface area contributed by atoms with Gasteiger partial charge in [0.2, 0.25) is 0 Å². The highest BCUT2D eigenvalue weighted by Crippen LogP contribution is 2.22. The molecular weight excluding hydrogens is 282 g/mol. The van der Waals surface area contributed by atoms with Crippen molar-refractivity contribution in [2.24, 2.45) is 0 Å². The molecule has 0 atom stereocenters. The third-order valence-electron chi connectivity index (χ3n) is 2.95. The van der Waals surface area contributed by atoms with E-state index in [1.807, 2.05) is 48.7 Å². The predicted molar refractivity (Wildman–Crippen MR) is 86.7 cm³/mol. The summed E-state index contributed by atoms with van der Waals surface area (Å²) in [6.07, 6.45) is 0.416. The zero-order valence-corrected chi connectivity index (χ0v) is 12.7. The predicted octanol–water partition coefficient (Wildman–Crippen LogP) is 3.15. The molecule has 3 nitrogen and oxygen atoms in total. The minimum absolute atomic E-state index is 0.0333. The lowest BCUT2D eigenvalue weighted by atomic mass is 10.2. The SMILES string of the molecule is CCN(C(=O)c1sccc1C#CCCO)c1ccccc1. The molecule has 108 valence electrons. The molecule has 1 N–H and O–H groups in total. The lowest BCUT2D eigenvalue weighted by Gasteiger charge is -2.20. The molecule has 0 unspecified atom stereocenters. The largest absolute Gasteiger partial charge is 0.395 e. The maximum absolute atomic E-state index is 12.7. The van der Waals surface area contributed by atoms with Crippen molar-refractivity contribution in [2.75, 3.05) is 18.1 Å². The number of nitrogens with zero attached hydrogens (tertiary/aromatic N) is 1. The average Bonchev–Trinajstić information content (AvgIpc) is 2.98. The van der Waals surface area contributed by atoms with Gasteiger partial charge in [0.05, 0.1) is 6.61 Å². The van der Waals surface area contributed by atoms with E-state index in [-0.39, 0.29) is 12.5 Å². The van der Waals surface area contributed by atoms with Crippen LogP contribution in [0.5, 0.6) is 0 Å². The summed E-state index contributed by atoms with van der Waals surface area (Å²) in [5, 5.41) is 10.6. The Bertz CT molecular complexity index is 652. The zero-order valence-electron chi connectivity index (χ0n) is 11.9. The normalized spacial score (nSPS) is 9.81. The first-order chi connectivity index (χ1) is 10.3. The molecule has 0 bridgehead atoms. The fraction of sp³-hybridized carbons (Fsp3) is 0.235. The highest BCUT2D eigenvalue weighted by atomic mass is 32.1. The van der Waals surface area contributed by atoms with Gasteiger partial charge >= 0.3 is 0 Å². The van der Waals surface area contributed by atoms with Crippen LogP contribution >= 0.6 is 11.3 Å². The number of carbonyl (C=O) groups is 1. The second-order valence-electron chi connectivity index (χ2n) is 4.32. The maximum atomic E-state index is 12.7. The maximum Gasteiger partial charge on any atom is 0.269 e. The van der Waals surface area contributed by atoms with Crippen LogP contribution in [0.1, 0.15) is 28.6 Å². The molecule has 0 aliphatic heterocycles. The second-order valence-corrected chi connectivity index (χ2v) is 5.24. The zero-order chi connectivity index (χ0) is 15.1. The Kier molecular flexibility index (Phi) is 5.56. The lowest BCUT2D eigenvalue weighted by Crippen LogP contribution is -2.30. The molecule has 0 aliphatic carbocycles. The van der Waals surface area contributed by atoms with E-state index in [1.54, 1.807) is 4.90 Å². The molecule has 0 spiro atoms. The molecule has 1 heterocycles. The van der Waals surface area contributed by atoms with Crippen LogP contribution in [0, 0.1) is 11.8 Å². The van der Waals surface area contributed by atoms with Gasteiger partial charge in [-0.1, -0.05) is 30.0 Å². The minimum Gasteiger partial charge on any atom is -0.395 e. The Balaban J connectivity index is 2.28. The summed E-state index contributed by atoms with van der Waals surface area (Å²) >= 11 is 1.40. The van der Waals surface area contributed by atoms with Gasteiger partial charge in [-0.2, -0.15) is 0 Å². The van der Waals surface area contributed by atoms with Crippen molar-refractivity contribution >= 4 is 22.9 Å². The molecule has 2 aromatic rings. The Labute approximate surface area is 128 Å². The first kappa shape index (κ1) is 15.3. The number of para-hydroxylation sites is 1. The van der Waals surface area contributed by atoms with Crippen LogP contribution in [0.4, 0.5) is 5.69 Å². The summed E-state index contributed by atoms with van der Waals surface area (Å²) < 4.78 is 0. The first-order valence-electron chi connectivity index (χ1n) is 6.82. The summed E-state index contributed by atoms with van der Waals surface area (Å²) in [6, 6.07) is 11.5. The molecule has 21 heavy (non-hydrogen) atoms. The van der Waals surface area contributed by atoms with Crippen molar-refractivity contribution in [3.8, 4) is 11.8 Å². The molecule has 2 rings (SSSR count). The molecule has 4 heteroatoms. The van der Waals surface area contributed by atoms with Gasteiger partial charge in [-0.15, -0.1) is 11.3 Å². The number of thiophene rings is 1. The van der Waals surface area contributed by atoms with E-state index < -0.39 is 0 Å². The van der Waals surface area contributed by atoms with Crippen molar-refractivity contribution in [1.29, 1.82) is 0 Å². The van der Waals surface area contributed by atoms with E-state index >= 15 is 0 Å². The van der Waals surface area contributed by atoms with Gasteiger partial charge in [-0.25, -0.2) is 0 Å². The van der Waals surface area contributed by atoms with Gasteiger partial charge in [0.15, 0.2) is 0 Å². The monoisotopic (exact) mass is 299 g/mol. The molecule has 0 saturated carbocycles. The van der Waals surface area contributed by atoms with Crippen LogP contribution in [0.25, 0.3) is 0 Å². The van der Waals surface area contributed by atoms with E-state index in [9.17, 15) is 4.79 Å². The Morgan fingerprint density at radius 1 is 1.29 bits per heavy atom. The van der Waals surface area contributed by atoms with Crippen molar-refractivity contribution in [1.82, 2.24) is 0 Å². The van der Waals surface area contributed by atoms with E-state index in [4.69, 9.17) is 5.11 Å². The summed E-state index contributed by atoms with van der Waals surface area (Å²) in [5.41, 5.74) is 1.61. The Morgan fingerprint density at radius 3 is 2.71 bits per heavy atom. The third-order valence-corrected chi connectivity index (χ3v) is 3.85. The van der Waals surface area contributed by atoms with Gasteiger partial charge in [-0.3, -0.25) is 4.79 Å². The fourth-order valence-corrected chi connectivity index (χ4v) is 2.76. The van der Waals surface area contributed by atoms with Crippen LogP contribution in [0.2, 0.25) is 0 Å². The van der Waals surface area contributed by atoms with Crippen LogP contribution in [0.15, 0.2) is 41.8 Å². The molecular formula is C17H17NO2S. The number of hydrogen-bond acceptors (Lipinski definition) is 3. The van der Waals surface area contributed by atoms with E-state index in [0.29, 0.717) is 17.8 Å². The van der Waals surface area contributed by atoms with Gasteiger partial charge in [0.25, 0.3) is 5.91 Å². The Hall–Kier alpha value is -2.09. The number of rotatable bonds is 4. The summed E-state index contributed by atoms with van der Waals surface area (Å²) in [6.45, 7) is 2.59. The first-order valence-corrected chi connectivity index (χ1v) is 7.70. The molecule has 0 aliphatic rings. The highest BCUT2D eigenvalue weighted by Gasteiger charge is 2.19. The van der Waals surface area contributed by atoms with E-state index in [2.05, 4.69) is 11.8 Å². The Morgan fingerprint density at radius 2 is 2.05 bits per heavy atom. The molecule has 0 radical (unpaired) electrons. The van der Waals surface area contributed by atoms with Crippen LogP contribution in [-0.4, -0.2) is 24.2 Å². The molecule has 0 saturated heterocycles. The smallest absolute Gasteiger partial charge is 0.269 e. The minimum atomic E-state index is -0.0352. The van der Waals surface area contributed by atoms with Gasteiger partial charge in [0, 0.05) is 24.2 Å². The van der Waals surface area contributed by atoms with Crippen LogP contribution in [0.3, 0.4) is 0 Å². The number of amides is 1. The number of aliphatic hydroxyl groups excluding tert-OH is 1. The van der Waals surface area contributed by atoms with Crippen LogP contribution in [-0.2, 0) is 0 Å². The second kappa shape index (κ2) is 7.63. The number of hydrogen-bond donors (Lipinski definition) is 1. The van der Waals surface area contributed by atoms with Gasteiger partial charge in [0.1, 0.15) is 4.88 Å². The van der Waals surface area contributed by atoms with Crippen molar-refractivity contribution in [2.45, 2.75) is 13.3 Å². The average molecular weight is 299 g/mol. The highest BCUT2D eigenvalue weighted by molar-refractivity contribution is 7.12. The summed E-state index contributed by atoms with van der Waals surface area (Å²) in [4.78, 5) is 15.1. The number of carbonyl (C=O) groups excluding carboxylic acids is 1. The number of benzene rings is 1. The summed E-state index contributed by atoms with van der Waals surface area (Å²) in [7, 11) is 0. The topological polar surface area (TPSA) is 40.5 Å². The van der Waals surface area contributed by atoms with Crippen molar-refractivity contribution in [3.05, 3.63) is 52.2 Å². The van der Waals surface area contributed by atoms with Crippen molar-refractivity contribution < 1.29 is 9.90 Å². The molecule has 1 aromatic heterocycles. The quantitative estimate of drug-likeness (QED) is 0.881. The third kappa shape index (κ3) is 3.72. The standard InChI is InChI=1S/C17H17NO2S/c1-2-18(15-9-4-3-5-10-15)17(20)16-14(11-13-21-16)8-6-7-12-19/h3-5,9-11,13,19H,2,7,12H2,1H3. The fourth-order valence-electron chi connectivity index (χ4n) is 1.96. The van der Waals surface area contributed by atoms with Crippen LogP contribution < -0.4 is 4.90 Å². The summed E-state index contributed by atoms with van der Waals surface area (Å²) in [5.74, 6) is 5.79. The molecule has 0 fully saturated rings. The van der Waals surface area contributed by atoms with Crippen molar-refractivity contribution in [3.63, 3.8) is 0 Å². The van der Waals surface area contributed by atoms with E-state index in [0.717, 1.165) is 11.3 Å². The van der Waals surface area contributed by atoms with Gasteiger partial charge < -0.3 is 10.0 Å². The lowest BCUT2D eigenvalue weighted by molar-refractivity contribution is 0.0992. The van der Waals surface area contributed by atoms with E-state index in [1.165, 1.54) is 11.3 Å². The number of aliphatic hydroxyl groups is 1. The van der Waals surface area contributed by atoms with Gasteiger partial charge in [-0.05, 0) is 30.5 Å². The number of anilines is 1. The molecule has 1 aromatic carbocycles.